The number of nitrogens with one attached hydrogen (secondary N) is 1. The molecule has 2 amide bonds. The van der Waals surface area contributed by atoms with Gasteiger partial charge in [-0.2, -0.15) is 13.2 Å². The molecule has 0 radical (unpaired) electrons. The number of amides is 2. The van der Waals surface area contributed by atoms with Crippen molar-refractivity contribution in [2.45, 2.75) is 56.9 Å². The van der Waals surface area contributed by atoms with E-state index >= 15 is 0 Å². The van der Waals surface area contributed by atoms with Crippen LogP contribution in [0.5, 0.6) is 0 Å². The Balaban J connectivity index is 1.77. The second-order valence-corrected chi connectivity index (χ2v) is 14.0. The number of anilines is 1. The SMILES string of the molecule is CS(=O)(=O)N(CC(=O)N(Cc1cccc(Br)c1)[C@H](Cc1ccccc1)C(=O)NC1CCCC1)c1cc(C(F)(F)F)ccc1Cl. The molecule has 236 valence electrons. The van der Waals surface area contributed by atoms with E-state index in [1.807, 2.05) is 30.3 Å². The fraction of sp³-hybridized carbons (Fsp3) is 0.355. The third-order valence-electron chi connectivity index (χ3n) is 7.44. The third-order valence-corrected chi connectivity index (χ3v) is 9.38. The minimum atomic E-state index is -4.78. The van der Waals surface area contributed by atoms with Gasteiger partial charge in [0.2, 0.25) is 21.8 Å². The number of hydrogen-bond acceptors (Lipinski definition) is 4. The highest BCUT2D eigenvalue weighted by Gasteiger charge is 2.36. The van der Waals surface area contributed by atoms with Gasteiger partial charge in [0, 0.05) is 23.5 Å². The first kappa shape index (κ1) is 33.8. The van der Waals surface area contributed by atoms with Crippen LogP contribution in [0.1, 0.15) is 42.4 Å². The summed E-state index contributed by atoms with van der Waals surface area (Å²) in [6, 6.07) is 17.3. The minimum absolute atomic E-state index is 0.0555. The van der Waals surface area contributed by atoms with Gasteiger partial charge in [0.05, 0.1) is 22.5 Å². The molecule has 1 saturated carbocycles. The highest BCUT2D eigenvalue weighted by Crippen LogP contribution is 2.36. The highest BCUT2D eigenvalue weighted by molar-refractivity contribution is 9.10. The molecule has 1 N–H and O–H groups in total. The summed E-state index contributed by atoms with van der Waals surface area (Å²) in [5, 5.41) is 2.78. The first-order chi connectivity index (χ1) is 20.7. The molecule has 1 aliphatic rings. The van der Waals surface area contributed by atoms with Gasteiger partial charge in [-0.3, -0.25) is 13.9 Å². The summed E-state index contributed by atoms with van der Waals surface area (Å²) in [5.41, 5.74) is -0.189. The Bertz CT molecular complexity index is 1590. The number of benzene rings is 3. The molecule has 7 nitrogen and oxygen atoms in total. The molecular weight excluding hydrogens is 683 g/mol. The van der Waals surface area contributed by atoms with E-state index in [0.29, 0.717) is 15.9 Å². The van der Waals surface area contributed by atoms with E-state index in [1.54, 1.807) is 24.3 Å². The molecule has 44 heavy (non-hydrogen) atoms. The van der Waals surface area contributed by atoms with E-state index in [9.17, 15) is 31.2 Å². The number of hydrogen-bond donors (Lipinski definition) is 1. The van der Waals surface area contributed by atoms with E-state index in [2.05, 4.69) is 21.2 Å². The summed E-state index contributed by atoms with van der Waals surface area (Å²) >= 11 is 9.62. The molecule has 1 fully saturated rings. The maximum absolute atomic E-state index is 14.2. The molecule has 4 rings (SSSR count). The molecule has 0 spiro atoms. The Morgan fingerprint density at radius 2 is 1.66 bits per heavy atom. The van der Waals surface area contributed by atoms with E-state index < -0.39 is 51.9 Å². The molecule has 1 atom stereocenters. The molecule has 13 heteroatoms. The van der Waals surface area contributed by atoms with E-state index in [4.69, 9.17) is 11.6 Å². The van der Waals surface area contributed by atoms with Crippen molar-refractivity contribution >= 4 is 55.1 Å². The number of carbonyl (C=O) groups is 2. The van der Waals surface area contributed by atoms with Crippen LogP contribution < -0.4 is 9.62 Å². The van der Waals surface area contributed by atoms with Crippen LogP contribution in [0.2, 0.25) is 5.02 Å². The van der Waals surface area contributed by atoms with Crippen molar-refractivity contribution in [3.05, 3.63) is 99.0 Å². The van der Waals surface area contributed by atoms with Crippen molar-refractivity contribution in [1.29, 1.82) is 0 Å². The molecular formula is C31H32BrClF3N3O4S. The lowest BCUT2D eigenvalue weighted by molar-refractivity contribution is -0.140. The number of nitrogens with zero attached hydrogens (tertiary/aromatic N) is 2. The van der Waals surface area contributed by atoms with Gasteiger partial charge in [0.1, 0.15) is 12.6 Å². The zero-order chi connectivity index (χ0) is 32.1. The summed E-state index contributed by atoms with van der Waals surface area (Å²) in [6.07, 6.45) is -0.324. The molecule has 0 saturated heterocycles. The van der Waals surface area contributed by atoms with E-state index in [1.165, 1.54) is 4.90 Å². The minimum Gasteiger partial charge on any atom is -0.352 e. The fourth-order valence-corrected chi connectivity index (χ4v) is 6.80. The summed E-state index contributed by atoms with van der Waals surface area (Å²) in [4.78, 5) is 29.4. The number of alkyl halides is 3. The van der Waals surface area contributed by atoms with Gasteiger partial charge >= 0.3 is 6.18 Å². The van der Waals surface area contributed by atoms with Gasteiger partial charge in [0.25, 0.3) is 0 Å². The average molecular weight is 715 g/mol. The normalized spacial score (nSPS) is 14.7. The van der Waals surface area contributed by atoms with Crippen molar-refractivity contribution in [2.24, 2.45) is 0 Å². The lowest BCUT2D eigenvalue weighted by Gasteiger charge is -2.34. The van der Waals surface area contributed by atoms with Crippen LogP contribution in [0.25, 0.3) is 0 Å². The Morgan fingerprint density at radius 1 is 1.00 bits per heavy atom. The highest BCUT2D eigenvalue weighted by atomic mass is 79.9. The zero-order valence-corrected chi connectivity index (χ0v) is 27.0. The van der Waals surface area contributed by atoms with Crippen LogP contribution in [0.3, 0.4) is 0 Å². The van der Waals surface area contributed by atoms with Crippen molar-refractivity contribution in [3.63, 3.8) is 0 Å². The van der Waals surface area contributed by atoms with Crippen molar-refractivity contribution in [3.8, 4) is 0 Å². The smallest absolute Gasteiger partial charge is 0.352 e. The Morgan fingerprint density at radius 3 is 2.27 bits per heavy atom. The maximum Gasteiger partial charge on any atom is 0.416 e. The number of rotatable bonds is 11. The van der Waals surface area contributed by atoms with Crippen LogP contribution >= 0.6 is 27.5 Å². The number of halogens is 5. The first-order valence-electron chi connectivity index (χ1n) is 13.9. The Labute approximate surface area is 268 Å². The van der Waals surface area contributed by atoms with Crippen LogP contribution in [-0.2, 0) is 38.8 Å². The van der Waals surface area contributed by atoms with Crippen LogP contribution in [0.4, 0.5) is 18.9 Å². The summed E-state index contributed by atoms with van der Waals surface area (Å²) in [7, 11) is -4.31. The predicted octanol–water partition coefficient (Wildman–Crippen LogP) is 6.59. The Hall–Kier alpha value is -3.09. The molecule has 0 bridgehead atoms. The number of carbonyl (C=O) groups excluding carboxylic acids is 2. The second-order valence-electron chi connectivity index (χ2n) is 10.8. The maximum atomic E-state index is 14.2. The van der Waals surface area contributed by atoms with Gasteiger partial charge in [-0.1, -0.05) is 82.8 Å². The second kappa shape index (κ2) is 14.3. The lowest BCUT2D eigenvalue weighted by atomic mass is 10.0. The molecule has 0 aromatic heterocycles. The van der Waals surface area contributed by atoms with Crippen LogP contribution in [0.15, 0.2) is 77.3 Å². The third kappa shape index (κ3) is 8.98. The van der Waals surface area contributed by atoms with Gasteiger partial charge in [-0.15, -0.1) is 0 Å². The fourth-order valence-electron chi connectivity index (χ4n) is 5.23. The molecule has 0 unspecified atom stereocenters. The van der Waals surface area contributed by atoms with E-state index in [-0.39, 0.29) is 24.0 Å². The van der Waals surface area contributed by atoms with Crippen molar-refractivity contribution < 1.29 is 31.2 Å². The van der Waals surface area contributed by atoms with Crippen molar-refractivity contribution in [1.82, 2.24) is 10.2 Å². The Kier molecular flexibility index (Phi) is 11.0. The molecule has 3 aromatic carbocycles. The summed E-state index contributed by atoms with van der Waals surface area (Å²) in [5.74, 6) is -1.18. The van der Waals surface area contributed by atoms with Crippen LogP contribution in [-0.4, -0.2) is 50.0 Å². The molecule has 0 heterocycles. The van der Waals surface area contributed by atoms with Crippen LogP contribution in [0, 0.1) is 0 Å². The number of sulfonamides is 1. The summed E-state index contributed by atoms with van der Waals surface area (Å²) in [6.45, 7) is -0.947. The molecule has 0 aliphatic heterocycles. The standard InChI is InChI=1S/C31H32BrClF3N3O4S/c1-44(42,43)39(27-18-23(31(34,35)36)14-15-26(27)33)20-29(40)38(19-22-10-7-11-24(32)16-22)28(17-21-8-3-2-4-9-21)30(41)37-25-12-5-6-13-25/h2-4,7-11,14-16,18,25,28H,5-6,12-13,17,19-20H2,1H3,(H,37,41)/t28-/m1/s1. The molecule has 3 aromatic rings. The quantitative estimate of drug-likeness (QED) is 0.243. The topological polar surface area (TPSA) is 86.8 Å². The zero-order valence-electron chi connectivity index (χ0n) is 23.9. The van der Waals surface area contributed by atoms with Gasteiger partial charge in [-0.05, 0) is 54.3 Å². The van der Waals surface area contributed by atoms with Gasteiger partial charge in [0.15, 0.2) is 0 Å². The van der Waals surface area contributed by atoms with Gasteiger partial charge < -0.3 is 10.2 Å². The van der Waals surface area contributed by atoms with Crippen molar-refractivity contribution in [2.75, 3.05) is 17.1 Å². The average Bonchev–Trinajstić information content (AvgIpc) is 3.46. The van der Waals surface area contributed by atoms with E-state index in [0.717, 1.165) is 54.1 Å². The molecule has 1 aliphatic carbocycles. The first-order valence-corrected chi connectivity index (χ1v) is 17.0. The predicted molar refractivity (Wildman–Crippen MR) is 168 cm³/mol. The van der Waals surface area contributed by atoms with Gasteiger partial charge in [-0.25, -0.2) is 8.42 Å². The largest absolute Gasteiger partial charge is 0.416 e. The summed E-state index contributed by atoms with van der Waals surface area (Å²) < 4.78 is 67.9. The lowest BCUT2D eigenvalue weighted by Crippen LogP contribution is -2.54. The monoisotopic (exact) mass is 713 g/mol.